The zero-order valence-electron chi connectivity index (χ0n) is 8.51. The molecule has 5 heteroatoms. The van der Waals surface area contributed by atoms with Gasteiger partial charge in [0.05, 0.1) is 5.52 Å². The van der Waals surface area contributed by atoms with E-state index >= 15 is 0 Å². The number of benzene rings is 1. The number of carbonyl (C=O) groups is 1. The number of carboxylic acid groups (broad SMARTS) is 1. The maximum Gasteiger partial charge on any atom is 0.512 e. The Bertz CT molecular complexity index is 615. The van der Waals surface area contributed by atoms with Crippen LogP contribution in [0.25, 0.3) is 10.9 Å². The largest absolute Gasteiger partial charge is 0.512 e. The molecule has 0 atom stereocenters. The second kappa shape index (κ2) is 3.69. The zero-order chi connectivity index (χ0) is 11.7. The van der Waals surface area contributed by atoms with Crippen molar-refractivity contribution in [1.29, 1.82) is 0 Å². The van der Waals surface area contributed by atoms with Crippen molar-refractivity contribution in [3.05, 3.63) is 40.6 Å². The van der Waals surface area contributed by atoms with Crippen molar-refractivity contribution < 1.29 is 14.6 Å². The molecule has 0 radical (unpaired) electrons. The van der Waals surface area contributed by atoms with Gasteiger partial charge in [0.1, 0.15) is 0 Å². The standard InChI is InChI=1S/C11H9NO4/c1-12-8-5-3-2-4-7(8)9(13)6-10(12)16-11(14)15/h2-6H,1H3,(H,14,15). The van der Waals surface area contributed by atoms with Crippen molar-refractivity contribution in [3.63, 3.8) is 0 Å². The summed E-state index contributed by atoms with van der Waals surface area (Å²) in [5.41, 5.74) is 0.371. The molecule has 0 saturated heterocycles. The quantitative estimate of drug-likeness (QED) is 0.739. The average Bonchev–Trinajstić information content (AvgIpc) is 2.25. The van der Waals surface area contributed by atoms with E-state index in [1.807, 2.05) is 0 Å². The molecule has 0 amide bonds. The normalized spacial score (nSPS) is 10.3. The Morgan fingerprint density at radius 2 is 2.06 bits per heavy atom. The van der Waals surface area contributed by atoms with Crippen molar-refractivity contribution in [2.45, 2.75) is 0 Å². The van der Waals surface area contributed by atoms with Gasteiger partial charge in [-0.25, -0.2) is 4.79 Å². The van der Waals surface area contributed by atoms with Crippen molar-refractivity contribution in [3.8, 4) is 5.88 Å². The summed E-state index contributed by atoms with van der Waals surface area (Å²) in [6.45, 7) is 0. The summed E-state index contributed by atoms with van der Waals surface area (Å²) in [6, 6.07) is 8.10. The Balaban J connectivity index is 2.75. The number of rotatable bonds is 1. The number of nitrogens with zero attached hydrogens (tertiary/aromatic N) is 1. The third-order valence-corrected chi connectivity index (χ3v) is 2.31. The SMILES string of the molecule is Cn1c(OC(=O)O)cc(=O)c2ccccc21. The van der Waals surface area contributed by atoms with E-state index in [0.29, 0.717) is 10.9 Å². The molecule has 2 rings (SSSR count). The monoisotopic (exact) mass is 219 g/mol. The van der Waals surface area contributed by atoms with Crippen LogP contribution >= 0.6 is 0 Å². The molecule has 0 saturated carbocycles. The molecular weight excluding hydrogens is 210 g/mol. The summed E-state index contributed by atoms with van der Waals surface area (Å²) in [7, 11) is 1.64. The second-order valence-corrected chi connectivity index (χ2v) is 3.29. The van der Waals surface area contributed by atoms with Gasteiger partial charge in [-0.2, -0.15) is 0 Å². The van der Waals surface area contributed by atoms with Gasteiger partial charge in [0.25, 0.3) is 0 Å². The molecule has 1 heterocycles. The smallest absolute Gasteiger partial charge is 0.449 e. The van der Waals surface area contributed by atoms with Gasteiger partial charge >= 0.3 is 6.16 Å². The molecule has 0 aliphatic rings. The molecule has 5 nitrogen and oxygen atoms in total. The summed E-state index contributed by atoms with van der Waals surface area (Å²) in [5, 5.41) is 9.05. The summed E-state index contributed by atoms with van der Waals surface area (Å²) < 4.78 is 6.03. The Labute approximate surface area is 90.5 Å². The fourth-order valence-corrected chi connectivity index (χ4v) is 1.57. The van der Waals surface area contributed by atoms with Gasteiger partial charge in [0, 0.05) is 18.5 Å². The summed E-state index contributed by atoms with van der Waals surface area (Å²) in [6.07, 6.45) is -1.44. The number of para-hydroxylation sites is 1. The summed E-state index contributed by atoms with van der Waals surface area (Å²) in [5.74, 6) is 0.0104. The predicted molar refractivity (Wildman–Crippen MR) is 57.8 cm³/mol. The van der Waals surface area contributed by atoms with E-state index in [-0.39, 0.29) is 11.3 Å². The zero-order valence-corrected chi connectivity index (χ0v) is 8.51. The van der Waals surface area contributed by atoms with Gasteiger partial charge < -0.3 is 14.4 Å². The molecule has 2 aromatic rings. The molecule has 0 bridgehead atoms. The minimum atomic E-state index is -1.44. The van der Waals surface area contributed by atoms with E-state index in [2.05, 4.69) is 4.74 Å². The molecule has 1 N–H and O–H groups in total. The van der Waals surface area contributed by atoms with Gasteiger partial charge in [-0.15, -0.1) is 0 Å². The maximum absolute atomic E-state index is 11.6. The highest BCUT2D eigenvalue weighted by Gasteiger charge is 2.09. The summed E-state index contributed by atoms with van der Waals surface area (Å²) >= 11 is 0. The number of aryl methyl sites for hydroxylation is 1. The number of pyridine rings is 1. The lowest BCUT2D eigenvalue weighted by molar-refractivity contribution is 0.141. The first kappa shape index (κ1) is 10.2. The molecule has 82 valence electrons. The van der Waals surface area contributed by atoms with Crippen molar-refractivity contribution in [1.82, 2.24) is 4.57 Å². The number of hydrogen-bond donors (Lipinski definition) is 1. The van der Waals surface area contributed by atoms with E-state index in [0.717, 1.165) is 6.07 Å². The van der Waals surface area contributed by atoms with Crippen LogP contribution < -0.4 is 10.2 Å². The first-order valence-electron chi connectivity index (χ1n) is 4.59. The number of ether oxygens (including phenoxy) is 1. The number of aromatic nitrogens is 1. The van der Waals surface area contributed by atoms with E-state index in [4.69, 9.17) is 5.11 Å². The third-order valence-electron chi connectivity index (χ3n) is 2.31. The van der Waals surface area contributed by atoms with Gasteiger partial charge in [-0.1, -0.05) is 12.1 Å². The Kier molecular flexibility index (Phi) is 2.36. The molecule has 0 spiro atoms. The first-order chi connectivity index (χ1) is 7.59. The Morgan fingerprint density at radius 1 is 1.38 bits per heavy atom. The molecule has 16 heavy (non-hydrogen) atoms. The average molecular weight is 219 g/mol. The molecule has 1 aromatic carbocycles. The van der Waals surface area contributed by atoms with E-state index in [1.165, 1.54) is 4.57 Å². The van der Waals surface area contributed by atoms with E-state index in [1.54, 1.807) is 31.3 Å². The lowest BCUT2D eigenvalue weighted by atomic mass is 10.2. The Hall–Kier alpha value is -2.30. The molecule has 0 fully saturated rings. The van der Waals surface area contributed by atoms with E-state index < -0.39 is 6.16 Å². The second-order valence-electron chi connectivity index (χ2n) is 3.29. The minimum absolute atomic E-state index is 0.0104. The highest BCUT2D eigenvalue weighted by Crippen LogP contribution is 2.16. The predicted octanol–water partition coefficient (Wildman–Crippen LogP) is 1.60. The van der Waals surface area contributed by atoms with E-state index in [9.17, 15) is 9.59 Å². The lowest BCUT2D eigenvalue weighted by Crippen LogP contribution is -2.13. The van der Waals surface area contributed by atoms with Gasteiger partial charge in [0.15, 0.2) is 5.43 Å². The third kappa shape index (κ3) is 1.63. The van der Waals surface area contributed by atoms with Crippen LogP contribution in [0.1, 0.15) is 0 Å². The molecular formula is C11H9NO4. The lowest BCUT2D eigenvalue weighted by Gasteiger charge is -2.09. The van der Waals surface area contributed by atoms with Crippen LogP contribution in [-0.4, -0.2) is 15.8 Å². The topological polar surface area (TPSA) is 68.5 Å². The van der Waals surface area contributed by atoms with Crippen LogP contribution in [0.5, 0.6) is 5.88 Å². The number of hydrogen-bond acceptors (Lipinski definition) is 3. The fraction of sp³-hybridized carbons (Fsp3) is 0.0909. The Morgan fingerprint density at radius 3 is 2.75 bits per heavy atom. The molecule has 0 aliphatic heterocycles. The van der Waals surface area contributed by atoms with Crippen LogP contribution in [0, 0.1) is 0 Å². The highest BCUT2D eigenvalue weighted by atomic mass is 16.7. The highest BCUT2D eigenvalue weighted by molar-refractivity contribution is 5.80. The van der Waals surface area contributed by atoms with Crippen molar-refractivity contribution in [2.75, 3.05) is 0 Å². The molecule has 0 unspecified atom stereocenters. The number of fused-ring (bicyclic) bond motifs is 1. The van der Waals surface area contributed by atoms with Gasteiger partial charge in [-0.3, -0.25) is 4.79 Å². The molecule has 0 aliphatic carbocycles. The maximum atomic E-state index is 11.6. The fourth-order valence-electron chi connectivity index (χ4n) is 1.57. The van der Waals surface area contributed by atoms with Crippen molar-refractivity contribution in [2.24, 2.45) is 7.05 Å². The summed E-state index contributed by atoms with van der Waals surface area (Å²) in [4.78, 5) is 22.1. The van der Waals surface area contributed by atoms with Gasteiger partial charge in [0.2, 0.25) is 5.88 Å². The van der Waals surface area contributed by atoms with Crippen molar-refractivity contribution >= 4 is 17.1 Å². The van der Waals surface area contributed by atoms with Crippen LogP contribution in [0.15, 0.2) is 35.1 Å². The molecule has 1 aromatic heterocycles. The van der Waals surface area contributed by atoms with Gasteiger partial charge in [-0.05, 0) is 12.1 Å². The van der Waals surface area contributed by atoms with Crippen LogP contribution in [0.2, 0.25) is 0 Å². The minimum Gasteiger partial charge on any atom is -0.449 e. The first-order valence-corrected chi connectivity index (χ1v) is 4.59. The van der Waals surface area contributed by atoms with Crippen LogP contribution in [0.4, 0.5) is 4.79 Å². The van der Waals surface area contributed by atoms with Crippen LogP contribution in [0.3, 0.4) is 0 Å². The van der Waals surface area contributed by atoms with Crippen LogP contribution in [-0.2, 0) is 7.05 Å².